The van der Waals surface area contributed by atoms with Gasteiger partial charge in [-0.25, -0.2) is 0 Å². The monoisotopic (exact) mass is 255 g/mol. The number of hydrogen-bond acceptors (Lipinski definition) is 3. The molecular weight excluding hydrogens is 242 g/mol. The summed E-state index contributed by atoms with van der Waals surface area (Å²) >= 11 is 0. The van der Waals surface area contributed by atoms with Gasteiger partial charge in [-0.15, -0.1) is 0 Å². The van der Waals surface area contributed by atoms with E-state index in [1.807, 2.05) is 0 Å². The summed E-state index contributed by atoms with van der Waals surface area (Å²) < 4.78 is 0. The van der Waals surface area contributed by atoms with Crippen LogP contribution in [-0.2, 0) is 6.42 Å². The van der Waals surface area contributed by atoms with E-state index in [1.54, 1.807) is 30.7 Å². The molecule has 96 valence electrons. The second-order valence-corrected chi connectivity index (χ2v) is 4.52. The number of H-pyrrole nitrogens is 1. The van der Waals surface area contributed by atoms with Crippen LogP contribution in [0.1, 0.15) is 39.3 Å². The summed E-state index contributed by atoms with van der Waals surface area (Å²) in [5.41, 5.74) is 2.52. The molecule has 0 fully saturated rings. The van der Waals surface area contributed by atoms with E-state index in [0.717, 1.165) is 18.5 Å². The molecule has 2 heterocycles. The Morgan fingerprint density at radius 1 is 1.26 bits per heavy atom. The van der Waals surface area contributed by atoms with Gasteiger partial charge in [0.25, 0.3) is 5.91 Å². The molecule has 2 N–H and O–H groups in total. The van der Waals surface area contributed by atoms with Crippen molar-refractivity contribution in [2.45, 2.75) is 19.3 Å². The molecule has 5 nitrogen and oxygen atoms in total. The average molecular weight is 255 g/mol. The van der Waals surface area contributed by atoms with Crippen molar-refractivity contribution in [3.05, 3.63) is 47.5 Å². The molecule has 1 aliphatic rings. The van der Waals surface area contributed by atoms with Crippen molar-refractivity contribution in [3.63, 3.8) is 0 Å². The molecule has 0 spiro atoms. The molecular formula is C14H13N3O2. The molecule has 0 saturated carbocycles. The van der Waals surface area contributed by atoms with Crippen LogP contribution in [0.5, 0.6) is 0 Å². The third-order valence-corrected chi connectivity index (χ3v) is 3.25. The van der Waals surface area contributed by atoms with Gasteiger partial charge in [-0.2, -0.15) is 0 Å². The standard InChI is InChI=1S/C14H13N3O2/c18-12-3-1-2-11-13(12)10(8-16-11)14(19)17-9-4-6-15-7-5-9/h4-8,16H,1-3H2,(H,15,17,19). The summed E-state index contributed by atoms with van der Waals surface area (Å²) in [7, 11) is 0. The third-order valence-electron chi connectivity index (χ3n) is 3.25. The lowest BCUT2D eigenvalue weighted by Gasteiger charge is -2.11. The van der Waals surface area contributed by atoms with Crippen molar-refractivity contribution in [2.75, 3.05) is 5.32 Å². The Kier molecular flexibility index (Phi) is 2.87. The topological polar surface area (TPSA) is 74.8 Å². The minimum Gasteiger partial charge on any atom is -0.364 e. The first-order valence-electron chi connectivity index (χ1n) is 6.20. The highest BCUT2D eigenvalue weighted by atomic mass is 16.2. The number of nitrogens with zero attached hydrogens (tertiary/aromatic N) is 1. The molecule has 1 amide bonds. The minimum atomic E-state index is -0.265. The van der Waals surface area contributed by atoms with Crippen molar-refractivity contribution in [3.8, 4) is 0 Å². The van der Waals surface area contributed by atoms with Crippen LogP contribution in [0.25, 0.3) is 0 Å². The fraction of sp³-hybridized carbons (Fsp3) is 0.214. The van der Waals surface area contributed by atoms with Crippen molar-refractivity contribution < 1.29 is 9.59 Å². The van der Waals surface area contributed by atoms with Gasteiger partial charge in [-0.05, 0) is 25.0 Å². The van der Waals surface area contributed by atoms with Gasteiger partial charge >= 0.3 is 0 Å². The van der Waals surface area contributed by atoms with E-state index < -0.39 is 0 Å². The maximum absolute atomic E-state index is 12.2. The fourth-order valence-corrected chi connectivity index (χ4v) is 2.35. The van der Waals surface area contributed by atoms with Crippen molar-refractivity contribution in [1.82, 2.24) is 9.97 Å². The van der Waals surface area contributed by atoms with Crippen LogP contribution in [-0.4, -0.2) is 21.7 Å². The van der Waals surface area contributed by atoms with Crippen LogP contribution < -0.4 is 5.32 Å². The van der Waals surface area contributed by atoms with Crippen LogP contribution in [0.15, 0.2) is 30.7 Å². The molecule has 2 aromatic rings. The van der Waals surface area contributed by atoms with Gasteiger partial charge in [0.2, 0.25) is 0 Å². The summed E-state index contributed by atoms with van der Waals surface area (Å²) in [6.07, 6.45) is 7.01. The first kappa shape index (κ1) is 11.6. The van der Waals surface area contributed by atoms with Crippen molar-refractivity contribution in [1.29, 1.82) is 0 Å². The maximum atomic E-state index is 12.2. The highest BCUT2D eigenvalue weighted by molar-refractivity contribution is 6.13. The number of aryl methyl sites for hydroxylation is 1. The number of amides is 1. The number of Topliss-reactive ketones (excluding diaryl/α,β-unsaturated/α-hetero) is 1. The number of aromatic amines is 1. The molecule has 0 aromatic carbocycles. The molecule has 0 radical (unpaired) electrons. The second kappa shape index (κ2) is 4.68. The Morgan fingerprint density at radius 2 is 2.05 bits per heavy atom. The largest absolute Gasteiger partial charge is 0.364 e. The van der Waals surface area contributed by atoms with E-state index in [1.165, 1.54) is 0 Å². The molecule has 0 atom stereocenters. The summed E-state index contributed by atoms with van der Waals surface area (Å²) in [5.74, 6) is -0.221. The first-order valence-corrected chi connectivity index (χ1v) is 6.20. The lowest BCUT2D eigenvalue weighted by Crippen LogP contribution is -2.17. The zero-order valence-corrected chi connectivity index (χ0v) is 10.3. The Morgan fingerprint density at radius 3 is 2.84 bits per heavy atom. The number of pyridine rings is 1. The van der Waals surface area contributed by atoms with E-state index in [0.29, 0.717) is 23.2 Å². The molecule has 19 heavy (non-hydrogen) atoms. The van der Waals surface area contributed by atoms with Gasteiger partial charge < -0.3 is 10.3 Å². The number of anilines is 1. The second-order valence-electron chi connectivity index (χ2n) is 4.52. The normalized spacial score (nSPS) is 14.0. The molecule has 0 unspecified atom stereocenters. The van der Waals surface area contributed by atoms with Crippen LogP contribution >= 0.6 is 0 Å². The van der Waals surface area contributed by atoms with Crippen LogP contribution in [0.3, 0.4) is 0 Å². The predicted octanol–water partition coefficient (Wildman–Crippen LogP) is 2.18. The summed E-state index contributed by atoms with van der Waals surface area (Å²) in [6.45, 7) is 0. The van der Waals surface area contributed by atoms with E-state index in [-0.39, 0.29) is 11.7 Å². The number of rotatable bonds is 2. The molecule has 2 aromatic heterocycles. The lowest BCUT2D eigenvalue weighted by molar-refractivity contribution is 0.0956. The van der Waals surface area contributed by atoms with E-state index in [2.05, 4.69) is 15.3 Å². The highest BCUT2D eigenvalue weighted by Crippen LogP contribution is 2.24. The van der Waals surface area contributed by atoms with Gasteiger partial charge in [0.05, 0.1) is 11.1 Å². The molecule has 0 aliphatic heterocycles. The zero-order chi connectivity index (χ0) is 13.2. The molecule has 1 aliphatic carbocycles. The molecule has 0 bridgehead atoms. The van der Waals surface area contributed by atoms with Gasteiger partial charge in [0.1, 0.15) is 0 Å². The van der Waals surface area contributed by atoms with Gasteiger partial charge in [-0.3, -0.25) is 14.6 Å². The number of aromatic nitrogens is 2. The van der Waals surface area contributed by atoms with Gasteiger partial charge in [0.15, 0.2) is 5.78 Å². The smallest absolute Gasteiger partial charge is 0.257 e. The summed E-state index contributed by atoms with van der Waals surface area (Å²) in [5, 5.41) is 2.76. The lowest BCUT2D eigenvalue weighted by atomic mass is 9.93. The number of carbonyl (C=O) groups excluding carboxylic acids is 2. The van der Waals surface area contributed by atoms with E-state index >= 15 is 0 Å². The van der Waals surface area contributed by atoms with Gasteiger partial charge in [-0.1, -0.05) is 0 Å². The number of nitrogens with one attached hydrogen (secondary N) is 2. The predicted molar refractivity (Wildman–Crippen MR) is 70.3 cm³/mol. The fourth-order valence-electron chi connectivity index (χ4n) is 2.35. The Hall–Kier alpha value is -2.43. The summed E-state index contributed by atoms with van der Waals surface area (Å²) in [6, 6.07) is 3.41. The van der Waals surface area contributed by atoms with E-state index in [4.69, 9.17) is 0 Å². The number of ketones is 1. The van der Waals surface area contributed by atoms with E-state index in [9.17, 15) is 9.59 Å². The van der Waals surface area contributed by atoms with Crippen LogP contribution in [0, 0.1) is 0 Å². The Bertz CT molecular complexity index is 631. The van der Waals surface area contributed by atoms with Crippen molar-refractivity contribution in [2.24, 2.45) is 0 Å². The quantitative estimate of drug-likeness (QED) is 0.863. The summed E-state index contributed by atoms with van der Waals surface area (Å²) in [4.78, 5) is 31.0. The Labute approximate surface area is 110 Å². The zero-order valence-electron chi connectivity index (χ0n) is 10.3. The van der Waals surface area contributed by atoms with Crippen LogP contribution in [0.4, 0.5) is 5.69 Å². The minimum absolute atomic E-state index is 0.0439. The molecule has 0 saturated heterocycles. The average Bonchev–Trinajstić information content (AvgIpc) is 2.85. The van der Waals surface area contributed by atoms with Crippen LogP contribution in [0.2, 0.25) is 0 Å². The number of hydrogen-bond donors (Lipinski definition) is 2. The van der Waals surface area contributed by atoms with Gasteiger partial charge in [0, 0.05) is 36.4 Å². The first-order chi connectivity index (χ1) is 9.25. The highest BCUT2D eigenvalue weighted by Gasteiger charge is 2.25. The maximum Gasteiger partial charge on any atom is 0.257 e. The number of carbonyl (C=O) groups is 2. The molecule has 5 heteroatoms. The van der Waals surface area contributed by atoms with Crippen molar-refractivity contribution >= 4 is 17.4 Å². The third kappa shape index (κ3) is 2.14. The Balaban J connectivity index is 1.89. The molecule has 3 rings (SSSR count). The SMILES string of the molecule is O=C(Nc1ccncc1)c1c[nH]c2c1C(=O)CCC2. The number of fused-ring (bicyclic) bond motifs is 1.